The predicted octanol–water partition coefficient (Wildman–Crippen LogP) is 1.45. The zero-order valence-corrected chi connectivity index (χ0v) is 11.5. The predicted molar refractivity (Wildman–Crippen MR) is 75.5 cm³/mol. The number of carbonyl (C=O) groups excluding carboxylic acids is 1. The van der Waals surface area contributed by atoms with Crippen molar-refractivity contribution in [3.8, 4) is 0 Å². The first kappa shape index (κ1) is 14.8. The van der Waals surface area contributed by atoms with E-state index in [2.05, 4.69) is 20.9 Å². The minimum absolute atomic E-state index is 0.0583. The lowest BCUT2D eigenvalue weighted by Crippen LogP contribution is -2.32. The summed E-state index contributed by atoms with van der Waals surface area (Å²) in [6.07, 6.45) is 3.20. The number of nitrogens with one attached hydrogen (secondary N) is 2. The van der Waals surface area contributed by atoms with Crippen molar-refractivity contribution in [3.05, 3.63) is 41.2 Å². The van der Waals surface area contributed by atoms with Crippen molar-refractivity contribution in [2.24, 2.45) is 0 Å². The Hall–Kier alpha value is -2.61. The van der Waals surface area contributed by atoms with Gasteiger partial charge in [-0.2, -0.15) is 0 Å². The third kappa shape index (κ3) is 3.93. The van der Waals surface area contributed by atoms with E-state index in [4.69, 9.17) is 16.7 Å². The van der Waals surface area contributed by atoms with Gasteiger partial charge in [0.2, 0.25) is 0 Å². The molecule has 0 aliphatic rings. The number of aromatic carboxylic acids is 1. The van der Waals surface area contributed by atoms with Gasteiger partial charge >= 0.3 is 12.0 Å². The Balaban J connectivity index is 1.93. The van der Waals surface area contributed by atoms with Crippen LogP contribution in [0.1, 0.15) is 10.4 Å². The highest BCUT2D eigenvalue weighted by Gasteiger charge is 2.15. The number of halogens is 1. The lowest BCUT2D eigenvalue weighted by molar-refractivity contribution is 0.0698. The van der Waals surface area contributed by atoms with E-state index >= 15 is 0 Å². The summed E-state index contributed by atoms with van der Waals surface area (Å²) in [5, 5.41) is 21.6. The van der Waals surface area contributed by atoms with Crippen molar-refractivity contribution in [2.75, 3.05) is 11.9 Å². The molecule has 3 N–H and O–H groups in total. The van der Waals surface area contributed by atoms with Gasteiger partial charge in [-0.25, -0.2) is 9.59 Å². The molecule has 0 bridgehead atoms. The van der Waals surface area contributed by atoms with E-state index in [1.807, 2.05) is 0 Å². The van der Waals surface area contributed by atoms with E-state index < -0.39 is 12.0 Å². The minimum atomic E-state index is -1.21. The number of urea groups is 1. The van der Waals surface area contributed by atoms with Crippen molar-refractivity contribution in [1.29, 1.82) is 0 Å². The Kier molecular flexibility index (Phi) is 4.72. The quantitative estimate of drug-likeness (QED) is 0.774. The average molecular weight is 310 g/mol. The third-order valence-electron chi connectivity index (χ3n) is 2.57. The summed E-state index contributed by atoms with van der Waals surface area (Å²) in [5.74, 6) is -1.21. The van der Waals surface area contributed by atoms with Gasteiger partial charge in [0.1, 0.15) is 5.56 Å². The van der Waals surface area contributed by atoms with Gasteiger partial charge in [-0.1, -0.05) is 22.9 Å². The number of amides is 2. The van der Waals surface area contributed by atoms with Gasteiger partial charge < -0.3 is 15.7 Å². The lowest BCUT2D eigenvalue weighted by atomic mass is 10.2. The van der Waals surface area contributed by atoms with E-state index in [1.54, 1.807) is 16.9 Å². The van der Waals surface area contributed by atoms with Gasteiger partial charge in [0, 0.05) is 12.7 Å². The first-order chi connectivity index (χ1) is 10.1. The van der Waals surface area contributed by atoms with Crippen LogP contribution in [0.3, 0.4) is 0 Å². The molecule has 1 heterocycles. The monoisotopic (exact) mass is 309 g/mol. The molecule has 0 aliphatic carbocycles. The highest BCUT2D eigenvalue weighted by atomic mass is 35.5. The molecule has 0 aliphatic heterocycles. The van der Waals surface area contributed by atoms with Crippen LogP contribution in [0.5, 0.6) is 0 Å². The van der Waals surface area contributed by atoms with Crippen molar-refractivity contribution in [3.63, 3.8) is 0 Å². The number of anilines is 1. The molecule has 0 saturated carbocycles. The fourth-order valence-electron chi connectivity index (χ4n) is 1.65. The summed E-state index contributed by atoms with van der Waals surface area (Å²) in [5.41, 5.74) is -0.0150. The molecule has 1 aromatic heterocycles. The maximum Gasteiger partial charge on any atom is 0.339 e. The largest absolute Gasteiger partial charge is 0.478 e. The first-order valence-electron chi connectivity index (χ1n) is 5.98. The molecule has 2 rings (SSSR count). The highest BCUT2D eigenvalue weighted by molar-refractivity contribution is 6.34. The molecule has 0 fully saturated rings. The summed E-state index contributed by atoms with van der Waals surface area (Å²) < 4.78 is 1.56. The van der Waals surface area contributed by atoms with Crippen LogP contribution in [0.4, 0.5) is 10.5 Å². The first-order valence-corrected chi connectivity index (χ1v) is 6.36. The second-order valence-electron chi connectivity index (χ2n) is 4.01. The van der Waals surface area contributed by atoms with Crippen LogP contribution in [0.2, 0.25) is 5.02 Å². The van der Waals surface area contributed by atoms with Crippen molar-refractivity contribution in [1.82, 2.24) is 20.3 Å². The molecule has 9 heteroatoms. The standard InChI is InChI=1S/C12H12ClN5O3/c13-8-2-1-3-9(10(8)11(19)20)16-12(21)14-4-6-18-7-5-15-17-18/h1-3,5,7H,4,6H2,(H,19,20)(H2,14,16,21). The molecule has 1 aromatic carbocycles. The summed E-state index contributed by atoms with van der Waals surface area (Å²) in [7, 11) is 0. The SMILES string of the molecule is O=C(NCCn1ccnn1)Nc1cccc(Cl)c1C(=O)O. The van der Waals surface area contributed by atoms with Gasteiger partial charge in [0.05, 0.1) is 23.5 Å². The molecule has 8 nitrogen and oxygen atoms in total. The van der Waals surface area contributed by atoms with Crippen LogP contribution in [-0.2, 0) is 6.54 Å². The lowest BCUT2D eigenvalue weighted by Gasteiger charge is -2.10. The fraction of sp³-hybridized carbons (Fsp3) is 0.167. The molecular formula is C12H12ClN5O3. The van der Waals surface area contributed by atoms with Crippen molar-refractivity contribution in [2.45, 2.75) is 6.54 Å². The maximum atomic E-state index is 11.7. The number of aromatic nitrogens is 3. The second kappa shape index (κ2) is 6.71. The van der Waals surface area contributed by atoms with Crippen LogP contribution >= 0.6 is 11.6 Å². The molecular weight excluding hydrogens is 298 g/mol. The van der Waals surface area contributed by atoms with E-state index in [1.165, 1.54) is 18.3 Å². The molecule has 2 amide bonds. The smallest absolute Gasteiger partial charge is 0.339 e. The Morgan fingerprint density at radius 2 is 2.19 bits per heavy atom. The fourth-order valence-corrected chi connectivity index (χ4v) is 1.90. The maximum absolute atomic E-state index is 11.7. The Labute approximate surface area is 124 Å². The molecule has 0 unspecified atom stereocenters. The normalized spacial score (nSPS) is 10.1. The summed E-state index contributed by atoms with van der Waals surface area (Å²) in [6, 6.07) is 3.94. The van der Waals surface area contributed by atoms with E-state index in [0.29, 0.717) is 13.1 Å². The van der Waals surface area contributed by atoms with Gasteiger partial charge in [-0.3, -0.25) is 4.68 Å². The van der Waals surface area contributed by atoms with Crippen LogP contribution < -0.4 is 10.6 Å². The summed E-state index contributed by atoms with van der Waals surface area (Å²) >= 11 is 5.81. The highest BCUT2D eigenvalue weighted by Crippen LogP contribution is 2.24. The Bertz CT molecular complexity index is 644. The second-order valence-corrected chi connectivity index (χ2v) is 4.42. The summed E-state index contributed by atoms with van der Waals surface area (Å²) in [6.45, 7) is 0.771. The van der Waals surface area contributed by atoms with Crippen LogP contribution in [0, 0.1) is 0 Å². The molecule has 0 saturated heterocycles. The number of nitrogens with zero attached hydrogens (tertiary/aromatic N) is 3. The van der Waals surface area contributed by atoms with Crippen molar-refractivity contribution < 1.29 is 14.7 Å². The minimum Gasteiger partial charge on any atom is -0.478 e. The number of carbonyl (C=O) groups is 2. The summed E-state index contributed by atoms with van der Waals surface area (Å²) in [4.78, 5) is 22.8. The number of hydrogen-bond donors (Lipinski definition) is 3. The van der Waals surface area contributed by atoms with E-state index in [-0.39, 0.29) is 16.3 Å². The molecule has 0 spiro atoms. The molecule has 2 aromatic rings. The zero-order valence-electron chi connectivity index (χ0n) is 10.8. The topological polar surface area (TPSA) is 109 Å². The van der Waals surface area contributed by atoms with Crippen LogP contribution in [0.25, 0.3) is 0 Å². The third-order valence-corrected chi connectivity index (χ3v) is 2.89. The number of benzene rings is 1. The Morgan fingerprint density at radius 1 is 1.38 bits per heavy atom. The number of carboxylic acid groups (broad SMARTS) is 1. The van der Waals surface area contributed by atoms with Crippen molar-refractivity contribution >= 4 is 29.3 Å². The number of rotatable bonds is 5. The molecule has 110 valence electrons. The van der Waals surface area contributed by atoms with Crippen LogP contribution in [-0.4, -0.2) is 38.6 Å². The average Bonchev–Trinajstić information content (AvgIpc) is 2.91. The van der Waals surface area contributed by atoms with Gasteiger partial charge in [-0.05, 0) is 12.1 Å². The van der Waals surface area contributed by atoms with E-state index in [9.17, 15) is 9.59 Å². The van der Waals surface area contributed by atoms with Gasteiger partial charge in [0.15, 0.2) is 0 Å². The number of carboxylic acids is 1. The molecule has 21 heavy (non-hydrogen) atoms. The van der Waals surface area contributed by atoms with Gasteiger partial charge in [-0.15, -0.1) is 5.10 Å². The number of hydrogen-bond acceptors (Lipinski definition) is 4. The zero-order chi connectivity index (χ0) is 15.2. The van der Waals surface area contributed by atoms with Gasteiger partial charge in [0.25, 0.3) is 0 Å². The van der Waals surface area contributed by atoms with Crippen LogP contribution in [0.15, 0.2) is 30.6 Å². The Morgan fingerprint density at radius 3 is 2.86 bits per heavy atom. The molecule has 0 radical (unpaired) electrons. The van der Waals surface area contributed by atoms with E-state index in [0.717, 1.165) is 0 Å². The molecule has 0 atom stereocenters.